The second kappa shape index (κ2) is 10.8. The molecule has 1 saturated carbocycles. The molecule has 3 N–H and O–H groups in total. The van der Waals surface area contributed by atoms with E-state index in [4.69, 9.17) is 5.73 Å². The van der Waals surface area contributed by atoms with Crippen molar-refractivity contribution in [1.29, 1.82) is 0 Å². The number of nitrogens with two attached hydrogens (primary N) is 1. The predicted octanol–water partition coefficient (Wildman–Crippen LogP) is 7.24. The van der Waals surface area contributed by atoms with E-state index in [1.54, 1.807) is 18.3 Å². The molecule has 2 heterocycles. The lowest BCUT2D eigenvalue weighted by Gasteiger charge is -2.45. The third-order valence-electron chi connectivity index (χ3n) is 7.12. The van der Waals surface area contributed by atoms with Crippen molar-refractivity contribution < 1.29 is 4.79 Å². The smallest absolute Gasteiger partial charge is 0.249 e. The van der Waals surface area contributed by atoms with E-state index in [0.29, 0.717) is 17.1 Å². The fourth-order valence-corrected chi connectivity index (χ4v) is 5.01. The van der Waals surface area contributed by atoms with Crippen molar-refractivity contribution in [1.82, 2.24) is 9.97 Å². The number of amides is 1. The van der Waals surface area contributed by atoms with Crippen molar-refractivity contribution in [2.24, 2.45) is 11.3 Å². The molecule has 0 aliphatic heterocycles. The number of hydrogen-bond acceptors (Lipinski definition) is 4. The van der Waals surface area contributed by atoms with E-state index in [1.807, 2.05) is 38.1 Å². The number of anilines is 2. The lowest BCUT2D eigenvalue weighted by Crippen LogP contribution is -2.33. The van der Waals surface area contributed by atoms with Crippen LogP contribution < -0.4 is 11.1 Å². The van der Waals surface area contributed by atoms with Gasteiger partial charge in [0.25, 0.3) is 0 Å². The molecule has 2 aromatic heterocycles. The van der Waals surface area contributed by atoms with Gasteiger partial charge in [0.05, 0.1) is 5.69 Å². The maximum Gasteiger partial charge on any atom is 0.249 e. The van der Waals surface area contributed by atoms with Crippen LogP contribution in [0.25, 0.3) is 16.3 Å². The molecule has 1 aliphatic carbocycles. The molecule has 0 aromatic carbocycles. The van der Waals surface area contributed by atoms with Crippen LogP contribution in [0.5, 0.6) is 0 Å². The molecule has 5 nitrogen and oxygen atoms in total. The summed E-state index contributed by atoms with van der Waals surface area (Å²) in [6, 6.07) is 3.83. The molecule has 0 spiro atoms. The van der Waals surface area contributed by atoms with Crippen LogP contribution in [0.15, 0.2) is 60.4 Å². The maximum atomic E-state index is 12.7. The summed E-state index contributed by atoms with van der Waals surface area (Å²) in [7, 11) is 0. The number of fused-ring (bicyclic) bond motifs is 1. The van der Waals surface area contributed by atoms with Crippen LogP contribution >= 0.6 is 0 Å². The van der Waals surface area contributed by atoms with Crippen molar-refractivity contribution in [2.45, 2.75) is 66.7 Å². The Kier molecular flexibility index (Phi) is 8.08. The number of rotatable bonds is 9. The second-order valence-corrected chi connectivity index (χ2v) is 9.69. The fourth-order valence-electron chi connectivity index (χ4n) is 5.01. The van der Waals surface area contributed by atoms with Crippen LogP contribution in [0.3, 0.4) is 0 Å². The Morgan fingerprint density at radius 3 is 2.68 bits per heavy atom. The zero-order valence-corrected chi connectivity index (χ0v) is 21.2. The third kappa shape index (κ3) is 5.64. The summed E-state index contributed by atoms with van der Waals surface area (Å²) in [5.41, 5.74) is 10.6. The molecular formula is C29H38N4O. The zero-order chi connectivity index (χ0) is 24.9. The van der Waals surface area contributed by atoms with Gasteiger partial charge in [-0.25, -0.2) is 9.97 Å². The number of carbonyl (C=O) groups excluding carboxylic acids is 1. The molecule has 2 aromatic rings. The number of nitrogens with zero attached hydrogens (tertiary/aromatic N) is 2. The molecule has 0 bridgehead atoms. The van der Waals surface area contributed by atoms with E-state index in [0.717, 1.165) is 52.8 Å². The first-order valence-corrected chi connectivity index (χ1v) is 12.3. The first-order valence-electron chi connectivity index (χ1n) is 12.3. The fraction of sp³-hybridized carbons (Fsp3) is 0.414. The van der Waals surface area contributed by atoms with Crippen LogP contribution in [-0.4, -0.2) is 15.9 Å². The molecule has 1 amide bonds. The highest BCUT2D eigenvalue weighted by Gasteiger charge is 2.39. The van der Waals surface area contributed by atoms with Gasteiger partial charge in [-0.05, 0) is 79.5 Å². The Morgan fingerprint density at radius 1 is 1.32 bits per heavy atom. The summed E-state index contributed by atoms with van der Waals surface area (Å²) in [6.45, 7) is 14.6. The highest BCUT2D eigenvalue weighted by molar-refractivity contribution is 6.01. The average Bonchev–Trinajstić information content (AvgIpc) is 2.77. The van der Waals surface area contributed by atoms with Crippen molar-refractivity contribution >= 4 is 33.9 Å². The van der Waals surface area contributed by atoms with Gasteiger partial charge >= 0.3 is 0 Å². The molecule has 3 rings (SSSR count). The monoisotopic (exact) mass is 458 g/mol. The Morgan fingerprint density at radius 2 is 2.06 bits per heavy atom. The standard InChI is InChI=1S/C29H38N4O/c1-7-11-20(6)23(9-3)25-13-22-14-26(31-18-24(22)28(30)32-25)33-27(34)12-21-16-29(10-4,17-21)15-19(5)8-2/h7,9,11-14,18-19H,1,8,10,15-17H2,2-6H3,(H2,30,32)(H,31,33,34)/b20-11-,21-12?,23-9+. The van der Waals surface area contributed by atoms with Crippen LogP contribution in [0.4, 0.5) is 11.6 Å². The summed E-state index contributed by atoms with van der Waals surface area (Å²) >= 11 is 0. The highest BCUT2D eigenvalue weighted by Crippen LogP contribution is 2.52. The second-order valence-electron chi connectivity index (χ2n) is 9.69. The topological polar surface area (TPSA) is 80.9 Å². The largest absolute Gasteiger partial charge is 0.383 e. The third-order valence-corrected chi connectivity index (χ3v) is 7.12. The molecule has 34 heavy (non-hydrogen) atoms. The highest BCUT2D eigenvalue weighted by atomic mass is 16.1. The molecule has 0 saturated heterocycles. The molecule has 0 radical (unpaired) electrons. The Balaban J connectivity index is 1.78. The van der Waals surface area contributed by atoms with Gasteiger partial charge in [0, 0.05) is 17.7 Å². The van der Waals surface area contributed by atoms with Crippen molar-refractivity contribution in [3.05, 3.63) is 66.1 Å². The molecule has 1 atom stereocenters. The summed E-state index contributed by atoms with van der Waals surface area (Å²) in [5.74, 6) is 1.52. The van der Waals surface area contributed by atoms with Gasteiger partial charge in [0.1, 0.15) is 11.6 Å². The van der Waals surface area contributed by atoms with Gasteiger partial charge in [-0.15, -0.1) is 0 Å². The number of nitrogens with one attached hydrogen (secondary N) is 1. The van der Waals surface area contributed by atoms with E-state index < -0.39 is 0 Å². The van der Waals surface area contributed by atoms with Gasteiger partial charge in [-0.3, -0.25) is 4.79 Å². The first-order chi connectivity index (χ1) is 16.2. The normalized spacial score (nSPS) is 19.5. The Hall–Kier alpha value is -3.21. The average molecular weight is 459 g/mol. The summed E-state index contributed by atoms with van der Waals surface area (Å²) in [5, 5.41) is 4.57. The Labute approximate surface area is 204 Å². The summed E-state index contributed by atoms with van der Waals surface area (Å²) < 4.78 is 0. The van der Waals surface area contributed by atoms with Crippen molar-refractivity contribution in [3.63, 3.8) is 0 Å². The lowest BCUT2D eigenvalue weighted by atomic mass is 9.60. The lowest BCUT2D eigenvalue weighted by molar-refractivity contribution is -0.112. The number of aromatic nitrogens is 2. The molecule has 1 fully saturated rings. The van der Waals surface area contributed by atoms with E-state index in [9.17, 15) is 4.79 Å². The quantitative estimate of drug-likeness (QED) is 0.306. The van der Waals surface area contributed by atoms with Crippen molar-refractivity contribution in [2.75, 3.05) is 11.1 Å². The first kappa shape index (κ1) is 25.4. The van der Waals surface area contributed by atoms with Gasteiger partial charge in [0.2, 0.25) is 5.91 Å². The minimum atomic E-state index is -0.128. The van der Waals surface area contributed by atoms with Crippen LogP contribution in [0, 0.1) is 11.3 Å². The van der Waals surface area contributed by atoms with E-state index in [1.165, 1.54) is 18.4 Å². The predicted molar refractivity (Wildman–Crippen MR) is 144 cm³/mol. The minimum absolute atomic E-state index is 0.128. The molecular weight excluding hydrogens is 420 g/mol. The number of carbonyl (C=O) groups is 1. The summed E-state index contributed by atoms with van der Waals surface area (Å²) in [4.78, 5) is 21.7. The molecule has 1 aliphatic rings. The number of pyridine rings is 2. The van der Waals surface area contributed by atoms with Gasteiger partial charge in [-0.1, -0.05) is 57.6 Å². The molecule has 180 valence electrons. The SMILES string of the molecule is C=C/C=C(C)\C(=C/C)c1cc2cc(NC(=O)C=C3CC(CC)(CC(C)CC)C3)ncc2c(N)n1. The number of hydrogen-bond donors (Lipinski definition) is 2. The van der Waals surface area contributed by atoms with Crippen LogP contribution in [0.2, 0.25) is 0 Å². The van der Waals surface area contributed by atoms with Gasteiger partial charge in [-0.2, -0.15) is 0 Å². The van der Waals surface area contributed by atoms with E-state index in [-0.39, 0.29) is 5.91 Å². The van der Waals surface area contributed by atoms with Gasteiger partial charge in [0.15, 0.2) is 0 Å². The Bertz CT molecular complexity index is 1160. The number of nitrogen functional groups attached to an aromatic ring is 1. The van der Waals surface area contributed by atoms with E-state index in [2.05, 4.69) is 42.6 Å². The van der Waals surface area contributed by atoms with Gasteiger partial charge < -0.3 is 11.1 Å². The molecule has 5 heteroatoms. The number of allylic oxidation sites excluding steroid dienone is 6. The molecule has 1 unspecified atom stereocenters. The summed E-state index contributed by atoms with van der Waals surface area (Å²) in [6.07, 6.45) is 14.8. The van der Waals surface area contributed by atoms with E-state index >= 15 is 0 Å². The van der Waals surface area contributed by atoms with Crippen LogP contribution in [-0.2, 0) is 4.79 Å². The van der Waals surface area contributed by atoms with Crippen LogP contribution in [0.1, 0.15) is 72.4 Å². The minimum Gasteiger partial charge on any atom is -0.383 e. The zero-order valence-electron chi connectivity index (χ0n) is 21.2. The van der Waals surface area contributed by atoms with Crippen molar-refractivity contribution in [3.8, 4) is 0 Å². The maximum absolute atomic E-state index is 12.7.